The van der Waals surface area contributed by atoms with E-state index in [4.69, 9.17) is 0 Å². The second-order valence-electron chi connectivity index (χ2n) is 7.23. The Bertz CT molecular complexity index is 1210. The minimum atomic E-state index is -0.239. The van der Waals surface area contributed by atoms with Crippen LogP contribution in [0.15, 0.2) is 66.1 Å². The first-order valence-corrected chi connectivity index (χ1v) is 9.99. The average Bonchev–Trinajstić information content (AvgIpc) is 3.18. The summed E-state index contributed by atoms with van der Waals surface area (Å²) in [5, 5.41) is 13.0. The van der Waals surface area contributed by atoms with Gasteiger partial charge in [0.2, 0.25) is 5.95 Å². The summed E-state index contributed by atoms with van der Waals surface area (Å²) in [5.41, 5.74) is 11.3. The van der Waals surface area contributed by atoms with Crippen LogP contribution in [0, 0.1) is 6.92 Å². The Morgan fingerprint density at radius 1 is 1.29 bits per heavy atom. The van der Waals surface area contributed by atoms with Gasteiger partial charge in [0.05, 0.1) is 23.3 Å². The third-order valence-electron chi connectivity index (χ3n) is 4.82. The molecule has 0 saturated carbocycles. The van der Waals surface area contributed by atoms with Crippen LogP contribution in [-0.4, -0.2) is 25.8 Å². The quantitative estimate of drug-likeness (QED) is 0.535. The van der Waals surface area contributed by atoms with Crippen LogP contribution in [0.4, 0.5) is 16.4 Å². The first kappa shape index (κ1) is 20.2. The summed E-state index contributed by atoms with van der Waals surface area (Å²) in [6.07, 6.45) is 8.84. The van der Waals surface area contributed by atoms with Crippen LogP contribution in [-0.2, 0) is 13.6 Å². The molecule has 0 atom stereocenters. The number of nitrogens with one attached hydrogen (secondary N) is 3. The summed E-state index contributed by atoms with van der Waals surface area (Å²) < 4.78 is 1.71. The van der Waals surface area contributed by atoms with Crippen molar-refractivity contribution < 1.29 is 4.79 Å². The molecule has 0 saturated heterocycles. The average molecular weight is 413 g/mol. The molecule has 1 aromatic carbocycles. The zero-order valence-electron chi connectivity index (χ0n) is 17.4. The van der Waals surface area contributed by atoms with Crippen molar-refractivity contribution in [1.82, 2.24) is 30.4 Å². The van der Waals surface area contributed by atoms with Crippen molar-refractivity contribution in [3.8, 4) is 11.3 Å². The van der Waals surface area contributed by atoms with Crippen molar-refractivity contribution >= 4 is 17.7 Å². The molecular weight excluding hydrogens is 390 g/mol. The van der Waals surface area contributed by atoms with E-state index in [1.807, 2.05) is 44.4 Å². The van der Waals surface area contributed by atoms with Crippen LogP contribution in [0.3, 0.4) is 0 Å². The summed E-state index contributed by atoms with van der Waals surface area (Å²) in [6, 6.07) is 7.69. The first-order valence-electron chi connectivity index (χ1n) is 9.99. The van der Waals surface area contributed by atoms with Crippen molar-refractivity contribution in [1.29, 1.82) is 0 Å². The number of aromatic nitrogens is 4. The molecule has 8 nitrogen and oxygen atoms in total. The smallest absolute Gasteiger partial charge is 0.319 e. The van der Waals surface area contributed by atoms with Gasteiger partial charge in [-0.25, -0.2) is 14.8 Å². The molecule has 2 amide bonds. The molecule has 8 heteroatoms. The molecule has 0 radical (unpaired) electrons. The largest absolute Gasteiger partial charge is 0.334 e. The van der Waals surface area contributed by atoms with E-state index in [0.717, 1.165) is 46.6 Å². The maximum Gasteiger partial charge on any atom is 0.319 e. The summed E-state index contributed by atoms with van der Waals surface area (Å²) in [5.74, 6) is 0.506. The van der Waals surface area contributed by atoms with Crippen LogP contribution >= 0.6 is 0 Å². The third kappa shape index (κ3) is 5.28. The van der Waals surface area contributed by atoms with Gasteiger partial charge in [-0.1, -0.05) is 17.9 Å². The highest BCUT2D eigenvalue weighted by Crippen LogP contribution is 2.22. The molecule has 4 rings (SSSR count). The number of hydrogen-bond donors (Lipinski definition) is 3. The molecule has 0 bridgehead atoms. The molecule has 0 fully saturated rings. The highest BCUT2D eigenvalue weighted by Gasteiger charge is 2.09. The molecule has 2 aromatic heterocycles. The minimum absolute atomic E-state index is 0.239. The van der Waals surface area contributed by atoms with Crippen LogP contribution < -0.4 is 16.0 Å². The predicted molar refractivity (Wildman–Crippen MR) is 118 cm³/mol. The Morgan fingerprint density at radius 2 is 2.19 bits per heavy atom. The van der Waals surface area contributed by atoms with Crippen molar-refractivity contribution in [3.63, 3.8) is 0 Å². The number of aryl methyl sites for hydroxylation is 2. The van der Waals surface area contributed by atoms with Gasteiger partial charge in [0.1, 0.15) is 0 Å². The summed E-state index contributed by atoms with van der Waals surface area (Å²) in [6.45, 7) is 2.45. The molecule has 0 aliphatic heterocycles. The van der Waals surface area contributed by atoms with Gasteiger partial charge >= 0.3 is 6.03 Å². The lowest BCUT2D eigenvalue weighted by molar-refractivity contribution is 0.242. The topological polar surface area (TPSA) is 96.8 Å². The molecule has 0 spiro atoms. The van der Waals surface area contributed by atoms with E-state index in [1.54, 1.807) is 17.1 Å². The van der Waals surface area contributed by atoms with Crippen molar-refractivity contribution in [3.05, 3.63) is 77.2 Å². The Hall–Kier alpha value is -4.12. The monoisotopic (exact) mass is 413 g/mol. The zero-order valence-corrected chi connectivity index (χ0v) is 17.4. The minimum Gasteiger partial charge on any atom is -0.334 e. The summed E-state index contributed by atoms with van der Waals surface area (Å²) in [4.78, 5) is 21.0. The number of allylic oxidation sites excluding steroid dienone is 2. The zero-order chi connectivity index (χ0) is 21.6. The van der Waals surface area contributed by atoms with E-state index in [2.05, 4.69) is 48.5 Å². The maximum atomic E-state index is 12.1. The number of amides is 2. The second kappa shape index (κ2) is 9.13. The highest BCUT2D eigenvalue weighted by molar-refractivity contribution is 5.76. The van der Waals surface area contributed by atoms with Gasteiger partial charge in [-0.2, -0.15) is 5.10 Å². The molecule has 3 aromatic rings. The van der Waals surface area contributed by atoms with Crippen molar-refractivity contribution in [2.45, 2.75) is 26.3 Å². The van der Waals surface area contributed by atoms with E-state index in [-0.39, 0.29) is 6.03 Å². The van der Waals surface area contributed by atoms with Gasteiger partial charge in [0.25, 0.3) is 0 Å². The number of urea groups is 1. The lowest BCUT2D eigenvalue weighted by atomic mass is 10.0. The molecule has 0 unspecified atom stereocenters. The van der Waals surface area contributed by atoms with Crippen molar-refractivity contribution in [2.75, 3.05) is 5.32 Å². The molecule has 3 N–H and O–H groups in total. The fourth-order valence-corrected chi connectivity index (χ4v) is 3.19. The summed E-state index contributed by atoms with van der Waals surface area (Å²) in [7, 11) is 1.85. The van der Waals surface area contributed by atoms with Gasteiger partial charge < -0.3 is 16.0 Å². The van der Waals surface area contributed by atoms with Gasteiger partial charge in [-0.05, 0) is 54.8 Å². The van der Waals surface area contributed by atoms with Gasteiger partial charge in [0.15, 0.2) is 0 Å². The number of benzene rings is 1. The van der Waals surface area contributed by atoms with Gasteiger partial charge in [-0.15, -0.1) is 0 Å². The molecule has 31 heavy (non-hydrogen) atoms. The highest BCUT2D eigenvalue weighted by atomic mass is 16.2. The number of carbonyl (C=O) groups excluding carboxylic acids is 1. The molecule has 156 valence electrons. The van der Waals surface area contributed by atoms with E-state index in [0.29, 0.717) is 12.5 Å². The van der Waals surface area contributed by atoms with Crippen molar-refractivity contribution in [2.24, 2.45) is 7.05 Å². The van der Waals surface area contributed by atoms with E-state index in [1.165, 1.54) is 0 Å². The molecule has 2 heterocycles. The first-order chi connectivity index (χ1) is 15.1. The predicted octanol–water partition coefficient (Wildman–Crippen LogP) is 3.72. The number of anilines is 2. The van der Waals surface area contributed by atoms with E-state index >= 15 is 0 Å². The van der Waals surface area contributed by atoms with Gasteiger partial charge in [0, 0.05) is 31.5 Å². The summed E-state index contributed by atoms with van der Waals surface area (Å²) >= 11 is 0. The standard InChI is InChI=1S/C23H23N7O/c1-16-12-17(21-10-11-24-22(29-21)27-20-14-26-30(2)15-20)8-9-18(16)13-25-23(31)28-19-6-4-3-5-7-19/h3,8-12,14-15H,4,6,13H2,1-2H3,(H,24,27,29)(H2,25,28,31). The number of carbonyl (C=O) groups is 1. The van der Waals surface area contributed by atoms with E-state index in [9.17, 15) is 4.79 Å². The number of rotatable bonds is 6. The molecule has 1 aliphatic carbocycles. The van der Waals surface area contributed by atoms with Crippen LogP contribution in [0.5, 0.6) is 0 Å². The Balaban J connectivity index is 1.41. The fraction of sp³-hybridized carbons (Fsp3) is 0.217. The number of hydrogen-bond acceptors (Lipinski definition) is 5. The van der Waals surface area contributed by atoms with Crippen LogP contribution in [0.2, 0.25) is 0 Å². The van der Waals surface area contributed by atoms with Crippen LogP contribution in [0.1, 0.15) is 24.0 Å². The Labute approximate surface area is 180 Å². The Morgan fingerprint density at radius 3 is 2.94 bits per heavy atom. The third-order valence-corrected chi connectivity index (χ3v) is 4.82. The second-order valence-corrected chi connectivity index (χ2v) is 7.23. The van der Waals surface area contributed by atoms with E-state index < -0.39 is 0 Å². The van der Waals surface area contributed by atoms with Gasteiger partial charge in [-0.3, -0.25) is 4.68 Å². The Kier molecular flexibility index (Phi) is 5.94. The normalized spacial score (nSPS) is 12.4. The SMILES string of the molecule is Cc1cc(-c2ccnc(Nc3cnn(C)c3)n2)ccc1CNC(=O)NC1=C=C=CCC1. The molecule has 1 aliphatic rings. The van der Waals surface area contributed by atoms with Crippen LogP contribution in [0.25, 0.3) is 11.3 Å². The maximum absolute atomic E-state index is 12.1. The fourth-order valence-electron chi connectivity index (χ4n) is 3.19. The lowest BCUT2D eigenvalue weighted by Crippen LogP contribution is -2.34. The lowest BCUT2D eigenvalue weighted by Gasteiger charge is -2.12. The number of nitrogens with zero attached hydrogens (tertiary/aromatic N) is 4. The molecular formula is C23H23N7O.